The van der Waals surface area contributed by atoms with Gasteiger partial charge in [0.1, 0.15) is 11.5 Å². The Bertz CT molecular complexity index is 586. The molecule has 0 radical (unpaired) electrons. The first kappa shape index (κ1) is 12.0. The van der Waals surface area contributed by atoms with E-state index in [1.54, 1.807) is 42.5 Å². The van der Waals surface area contributed by atoms with Crippen LogP contribution in [0.4, 0.5) is 5.69 Å². The second kappa shape index (κ2) is 5.21. The van der Waals surface area contributed by atoms with Crippen molar-refractivity contribution in [1.82, 2.24) is 0 Å². The summed E-state index contributed by atoms with van der Waals surface area (Å²) in [6, 6.07) is 13.9. The summed E-state index contributed by atoms with van der Waals surface area (Å²) in [7, 11) is 0. The lowest BCUT2D eigenvalue weighted by molar-refractivity contribution is 0.281. The molecule has 2 rings (SSSR count). The quantitative estimate of drug-likeness (QED) is 0.807. The fourth-order valence-electron chi connectivity index (χ4n) is 1.50. The lowest BCUT2D eigenvalue weighted by Crippen LogP contribution is -1.93. The Morgan fingerprint density at radius 3 is 2.44 bits per heavy atom. The highest BCUT2D eigenvalue weighted by Gasteiger charge is 2.03. The van der Waals surface area contributed by atoms with E-state index in [0.717, 1.165) is 5.56 Å². The van der Waals surface area contributed by atoms with Gasteiger partial charge in [-0.3, -0.25) is 0 Å². The van der Waals surface area contributed by atoms with E-state index in [0.29, 0.717) is 22.7 Å². The van der Waals surface area contributed by atoms with Crippen molar-refractivity contribution in [2.24, 2.45) is 0 Å². The van der Waals surface area contributed by atoms with Crippen LogP contribution in [0.2, 0.25) is 0 Å². The molecule has 18 heavy (non-hydrogen) atoms. The Morgan fingerprint density at radius 2 is 1.89 bits per heavy atom. The summed E-state index contributed by atoms with van der Waals surface area (Å²) in [5.41, 5.74) is 7.51. The van der Waals surface area contributed by atoms with E-state index >= 15 is 0 Å². The van der Waals surface area contributed by atoms with E-state index in [1.165, 1.54) is 0 Å². The minimum Gasteiger partial charge on any atom is -0.455 e. The van der Waals surface area contributed by atoms with Crippen LogP contribution in [0, 0.1) is 11.3 Å². The molecule has 0 fully saturated rings. The van der Waals surface area contributed by atoms with Crippen molar-refractivity contribution < 1.29 is 9.84 Å². The van der Waals surface area contributed by atoms with E-state index in [9.17, 15) is 0 Å². The van der Waals surface area contributed by atoms with Crippen molar-refractivity contribution in [3.63, 3.8) is 0 Å². The molecular weight excluding hydrogens is 228 g/mol. The number of nitrogens with zero attached hydrogens (tertiary/aromatic N) is 1. The number of hydrogen-bond donors (Lipinski definition) is 2. The number of anilines is 1. The van der Waals surface area contributed by atoms with Gasteiger partial charge in [0.25, 0.3) is 0 Å². The standard InChI is InChI=1S/C14H12N2O2/c15-8-11-3-6-14(13(16)7-11)18-12-4-1-10(9-17)2-5-12/h1-7,17H,9,16H2. The molecule has 0 heterocycles. The first-order valence-corrected chi connectivity index (χ1v) is 5.40. The third-order valence-electron chi connectivity index (χ3n) is 2.47. The summed E-state index contributed by atoms with van der Waals surface area (Å²) < 4.78 is 5.59. The summed E-state index contributed by atoms with van der Waals surface area (Å²) in [5, 5.41) is 17.7. The van der Waals surface area contributed by atoms with Gasteiger partial charge in [-0.15, -0.1) is 0 Å². The monoisotopic (exact) mass is 240 g/mol. The zero-order valence-corrected chi connectivity index (χ0v) is 9.63. The van der Waals surface area contributed by atoms with Gasteiger partial charge in [-0.1, -0.05) is 12.1 Å². The Kier molecular flexibility index (Phi) is 3.46. The van der Waals surface area contributed by atoms with Gasteiger partial charge in [-0.05, 0) is 35.9 Å². The zero-order chi connectivity index (χ0) is 13.0. The molecule has 3 N–H and O–H groups in total. The second-order valence-electron chi connectivity index (χ2n) is 3.77. The fourth-order valence-corrected chi connectivity index (χ4v) is 1.50. The second-order valence-corrected chi connectivity index (χ2v) is 3.77. The summed E-state index contributed by atoms with van der Waals surface area (Å²) in [4.78, 5) is 0. The molecule has 0 aliphatic rings. The molecule has 0 atom stereocenters. The van der Waals surface area contributed by atoms with Crippen LogP contribution in [0.5, 0.6) is 11.5 Å². The number of aliphatic hydroxyl groups excluding tert-OH is 1. The lowest BCUT2D eigenvalue weighted by Gasteiger charge is -2.08. The van der Waals surface area contributed by atoms with Crippen LogP contribution in [0.3, 0.4) is 0 Å². The van der Waals surface area contributed by atoms with Gasteiger partial charge in [-0.25, -0.2) is 0 Å². The van der Waals surface area contributed by atoms with E-state index in [4.69, 9.17) is 20.8 Å². The molecule has 0 saturated carbocycles. The fraction of sp³-hybridized carbons (Fsp3) is 0.0714. The molecule has 0 bridgehead atoms. The van der Waals surface area contributed by atoms with Gasteiger partial charge >= 0.3 is 0 Å². The average Bonchev–Trinajstić information content (AvgIpc) is 2.42. The zero-order valence-electron chi connectivity index (χ0n) is 9.63. The lowest BCUT2D eigenvalue weighted by atomic mass is 10.2. The molecule has 0 aliphatic carbocycles. The van der Waals surface area contributed by atoms with Crippen LogP contribution in [0.25, 0.3) is 0 Å². The molecule has 2 aromatic carbocycles. The number of ether oxygens (including phenoxy) is 1. The Hall–Kier alpha value is -2.51. The molecule has 4 nitrogen and oxygen atoms in total. The Morgan fingerprint density at radius 1 is 1.17 bits per heavy atom. The van der Waals surface area contributed by atoms with Crippen molar-refractivity contribution >= 4 is 5.69 Å². The average molecular weight is 240 g/mol. The number of rotatable bonds is 3. The summed E-state index contributed by atoms with van der Waals surface area (Å²) >= 11 is 0. The van der Waals surface area contributed by atoms with Crippen LogP contribution in [-0.4, -0.2) is 5.11 Å². The summed E-state index contributed by atoms with van der Waals surface area (Å²) in [6.45, 7) is -0.000709. The number of hydrogen-bond acceptors (Lipinski definition) is 4. The molecule has 0 spiro atoms. The molecule has 0 aromatic heterocycles. The van der Waals surface area contributed by atoms with Crippen LogP contribution in [0.15, 0.2) is 42.5 Å². The van der Waals surface area contributed by atoms with Crippen molar-refractivity contribution in [3.05, 3.63) is 53.6 Å². The largest absolute Gasteiger partial charge is 0.455 e. The predicted octanol–water partition coefficient (Wildman–Crippen LogP) is 2.43. The smallest absolute Gasteiger partial charge is 0.150 e. The highest BCUT2D eigenvalue weighted by molar-refractivity contribution is 5.57. The van der Waals surface area contributed by atoms with E-state index in [-0.39, 0.29) is 6.61 Å². The molecule has 4 heteroatoms. The van der Waals surface area contributed by atoms with Crippen molar-refractivity contribution in [1.29, 1.82) is 5.26 Å². The number of nitrogens with two attached hydrogens (primary N) is 1. The summed E-state index contributed by atoms with van der Waals surface area (Å²) in [5.74, 6) is 1.13. The first-order chi connectivity index (χ1) is 8.72. The molecular formula is C14H12N2O2. The molecule has 0 aliphatic heterocycles. The van der Waals surface area contributed by atoms with Crippen LogP contribution in [-0.2, 0) is 6.61 Å². The molecule has 0 unspecified atom stereocenters. The van der Waals surface area contributed by atoms with Crippen molar-refractivity contribution in [3.8, 4) is 17.6 Å². The van der Waals surface area contributed by atoms with E-state index in [1.807, 2.05) is 6.07 Å². The predicted molar refractivity (Wildman–Crippen MR) is 68.0 cm³/mol. The highest BCUT2D eigenvalue weighted by atomic mass is 16.5. The van der Waals surface area contributed by atoms with Gasteiger partial charge < -0.3 is 15.6 Å². The maximum absolute atomic E-state index is 8.93. The van der Waals surface area contributed by atoms with Crippen LogP contribution >= 0.6 is 0 Å². The van der Waals surface area contributed by atoms with E-state index in [2.05, 4.69) is 0 Å². The van der Waals surface area contributed by atoms with Gasteiger partial charge in [0.15, 0.2) is 0 Å². The van der Waals surface area contributed by atoms with Crippen molar-refractivity contribution in [2.45, 2.75) is 6.61 Å². The summed E-state index contributed by atoms with van der Waals surface area (Å²) in [6.07, 6.45) is 0. The molecule has 2 aromatic rings. The Balaban J connectivity index is 2.20. The maximum atomic E-state index is 8.93. The van der Waals surface area contributed by atoms with Gasteiger partial charge in [0, 0.05) is 0 Å². The number of benzene rings is 2. The SMILES string of the molecule is N#Cc1ccc(Oc2ccc(CO)cc2)c(N)c1. The topological polar surface area (TPSA) is 79.3 Å². The molecule has 0 saturated heterocycles. The molecule has 0 amide bonds. The van der Waals surface area contributed by atoms with Gasteiger partial charge in [0.2, 0.25) is 0 Å². The first-order valence-electron chi connectivity index (χ1n) is 5.40. The van der Waals surface area contributed by atoms with Crippen LogP contribution in [0.1, 0.15) is 11.1 Å². The van der Waals surface area contributed by atoms with Crippen LogP contribution < -0.4 is 10.5 Å². The highest BCUT2D eigenvalue weighted by Crippen LogP contribution is 2.28. The minimum absolute atomic E-state index is 0.000709. The minimum atomic E-state index is -0.000709. The number of nitriles is 1. The van der Waals surface area contributed by atoms with Gasteiger partial charge in [0.05, 0.1) is 23.9 Å². The number of nitrogen functional groups attached to an aromatic ring is 1. The van der Waals surface area contributed by atoms with E-state index < -0.39 is 0 Å². The van der Waals surface area contributed by atoms with Crippen molar-refractivity contribution in [2.75, 3.05) is 5.73 Å². The molecule has 90 valence electrons. The maximum Gasteiger partial charge on any atom is 0.150 e. The van der Waals surface area contributed by atoms with Gasteiger partial charge in [-0.2, -0.15) is 5.26 Å². The third kappa shape index (κ3) is 2.59. The normalized spacial score (nSPS) is 9.78. The number of aliphatic hydroxyl groups is 1. The Labute approximate surface area is 105 Å². The third-order valence-corrected chi connectivity index (χ3v) is 2.47.